The van der Waals surface area contributed by atoms with E-state index >= 15 is 0 Å². The maximum Gasteiger partial charge on any atom is 0.239 e. The molecule has 1 saturated heterocycles. The molecule has 7 heteroatoms. The fraction of sp³-hybridized carbons (Fsp3) is 0.727. The molecule has 1 N–H and O–H groups in total. The summed E-state index contributed by atoms with van der Waals surface area (Å²) in [4.78, 5) is 13.9. The standard InChI is InChI=1S/C11H18N4O3/c1-8-10(14-18-13-8)7-12-9(2)11(16)15-3-5-17-6-4-15/h9,12H,3-7H2,1-2H3. The zero-order chi connectivity index (χ0) is 13.0. The highest BCUT2D eigenvalue weighted by atomic mass is 16.6. The van der Waals surface area contributed by atoms with Gasteiger partial charge in [-0.05, 0) is 13.8 Å². The van der Waals surface area contributed by atoms with Crippen LogP contribution >= 0.6 is 0 Å². The number of carbonyl (C=O) groups is 1. The van der Waals surface area contributed by atoms with Crippen molar-refractivity contribution in [2.75, 3.05) is 26.3 Å². The van der Waals surface area contributed by atoms with Gasteiger partial charge >= 0.3 is 0 Å². The van der Waals surface area contributed by atoms with Crippen LogP contribution < -0.4 is 5.32 Å². The molecule has 0 saturated carbocycles. The maximum atomic E-state index is 12.1. The first-order chi connectivity index (χ1) is 8.68. The van der Waals surface area contributed by atoms with E-state index in [2.05, 4.69) is 20.3 Å². The van der Waals surface area contributed by atoms with E-state index in [0.717, 1.165) is 11.4 Å². The van der Waals surface area contributed by atoms with Gasteiger partial charge in [0, 0.05) is 19.6 Å². The van der Waals surface area contributed by atoms with Crippen LogP contribution in [-0.2, 0) is 16.1 Å². The Morgan fingerprint density at radius 2 is 2.17 bits per heavy atom. The van der Waals surface area contributed by atoms with Crippen molar-refractivity contribution >= 4 is 5.91 Å². The maximum absolute atomic E-state index is 12.1. The summed E-state index contributed by atoms with van der Waals surface area (Å²) in [6.45, 7) is 6.70. The summed E-state index contributed by atoms with van der Waals surface area (Å²) in [6.07, 6.45) is 0. The van der Waals surface area contributed by atoms with Crippen LogP contribution in [0.3, 0.4) is 0 Å². The molecule has 2 rings (SSSR count). The first kappa shape index (κ1) is 13.0. The number of carbonyl (C=O) groups excluding carboxylic acids is 1. The fourth-order valence-corrected chi connectivity index (χ4v) is 1.80. The van der Waals surface area contributed by atoms with Crippen molar-refractivity contribution in [3.05, 3.63) is 11.4 Å². The average molecular weight is 254 g/mol. The topological polar surface area (TPSA) is 80.5 Å². The van der Waals surface area contributed by atoms with Gasteiger partial charge in [0.25, 0.3) is 0 Å². The molecule has 1 aromatic heterocycles. The third kappa shape index (κ3) is 3.05. The Hall–Kier alpha value is -1.47. The molecule has 0 radical (unpaired) electrons. The van der Waals surface area contributed by atoms with Crippen LogP contribution in [0.25, 0.3) is 0 Å². The lowest BCUT2D eigenvalue weighted by Gasteiger charge is -2.29. The smallest absolute Gasteiger partial charge is 0.239 e. The fourth-order valence-electron chi connectivity index (χ4n) is 1.80. The highest BCUT2D eigenvalue weighted by Crippen LogP contribution is 2.03. The van der Waals surface area contributed by atoms with Gasteiger partial charge in [0.1, 0.15) is 11.4 Å². The van der Waals surface area contributed by atoms with Crippen molar-refractivity contribution in [2.24, 2.45) is 0 Å². The number of nitrogens with zero attached hydrogens (tertiary/aromatic N) is 3. The van der Waals surface area contributed by atoms with Crippen LogP contribution in [0, 0.1) is 6.92 Å². The number of aromatic nitrogens is 2. The molecule has 7 nitrogen and oxygen atoms in total. The Morgan fingerprint density at radius 3 is 2.78 bits per heavy atom. The van der Waals surface area contributed by atoms with Gasteiger partial charge in [-0.1, -0.05) is 10.3 Å². The minimum Gasteiger partial charge on any atom is -0.378 e. The summed E-state index contributed by atoms with van der Waals surface area (Å²) in [6, 6.07) is -0.251. The molecular weight excluding hydrogens is 236 g/mol. The number of hydrogen-bond donors (Lipinski definition) is 1. The van der Waals surface area contributed by atoms with E-state index in [1.165, 1.54) is 0 Å². The lowest BCUT2D eigenvalue weighted by molar-refractivity contribution is -0.137. The molecule has 0 spiro atoms. The highest BCUT2D eigenvalue weighted by Gasteiger charge is 2.22. The van der Waals surface area contributed by atoms with Crippen molar-refractivity contribution in [1.29, 1.82) is 0 Å². The minimum atomic E-state index is -0.251. The molecule has 0 aliphatic carbocycles. The molecule has 1 aliphatic rings. The number of aryl methyl sites for hydroxylation is 1. The van der Waals surface area contributed by atoms with Crippen molar-refractivity contribution < 1.29 is 14.2 Å². The van der Waals surface area contributed by atoms with Crippen LogP contribution in [-0.4, -0.2) is 53.5 Å². The number of amides is 1. The Kier molecular flexibility index (Phi) is 4.27. The van der Waals surface area contributed by atoms with Gasteiger partial charge in [0.15, 0.2) is 0 Å². The van der Waals surface area contributed by atoms with Gasteiger partial charge in [-0.2, -0.15) is 0 Å². The second-order valence-corrected chi connectivity index (χ2v) is 4.34. The molecule has 18 heavy (non-hydrogen) atoms. The second-order valence-electron chi connectivity index (χ2n) is 4.34. The van der Waals surface area contributed by atoms with Gasteiger partial charge in [-0.3, -0.25) is 4.79 Å². The van der Waals surface area contributed by atoms with Crippen molar-refractivity contribution in [3.8, 4) is 0 Å². The third-order valence-corrected chi connectivity index (χ3v) is 3.02. The van der Waals surface area contributed by atoms with Crippen molar-refractivity contribution in [1.82, 2.24) is 20.5 Å². The quantitative estimate of drug-likeness (QED) is 0.795. The molecule has 1 unspecified atom stereocenters. The molecule has 100 valence electrons. The Morgan fingerprint density at radius 1 is 1.44 bits per heavy atom. The molecule has 0 aromatic carbocycles. The van der Waals surface area contributed by atoms with Crippen LogP contribution in [0.15, 0.2) is 4.63 Å². The van der Waals surface area contributed by atoms with Crippen LogP contribution in [0.4, 0.5) is 0 Å². The largest absolute Gasteiger partial charge is 0.378 e. The molecule has 1 fully saturated rings. The Labute approximate surface area is 105 Å². The summed E-state index contributed by atoms with van der Waals surface area (Å²) in [7, 11) is 0. The predicted molar refractivity (Wildman–Crippen MR) is 62.7 cm³/mol. The molecular formula is C11H18N4O3. The molecule has 0 bridgehead atoms. The number of hydrogen-bond acceptors (Lipinski definition) is 6. The van der Waals surface area contributed by atoms with Crippen LogP contribution in [0.2, 0.25) is 0 Å². The van der Waals surface area contributed by atoms with E-state index in [1.807, 2.05) is 18.7 Å². The van der Waals surface area contributed by atoms with Gasteiger partial charge in [-0.15, -0.1) is 0 Å². The highest BCUT2D eigenvalue weighted by molar-refractivity contribution is 5.81. The third-order valence-electron chi connectivity index (χ3n) is 3.02. The summed E-state index contributed by atoms with van der Waals surface area (Å²) in [5, 5.41) is 10.6. The number of nitrogens with one attached hydrogen (secondary N) is 1. The molecule has 1 aromatic rings. The normalized spacial score (nSPS) is 17.8. The zero-order valence-corrected chi connectivity index (χ0v) is 10.7. The van der Waals surface area contributed by atoms with Gasteiger partial charge < -0.3 is 15.0 Å². The molecule has 1 atom stereocenters. The van der Waals surface area contributed by atoms with Gasteiger partial charge in [0.05, 0.1) is 19.3 Å². The van der Waals surface area contributed by atoms with Gasteiger partial charge in [0.2, 0.25) is 5.91 Å². The molecule has 2 heterocycles. The number of ether oxygens (including phenoxy) is 1. The van der Waals surface area contributed by atoms with Crippen LogP contribution in [0.1, 0.15) is 18.3 Å². The van der Waals surface area contributed by atoms with E-state index in [0.29, 0.717) is 32.8 Å². The average Bonchev–Trinajstić information content (AvgIpc) is 2.81. The SMILES string of the molecule is Cc1nonc1CNC(C)C(=O)N1CCOCC1. The monoisotopic (exact) mass is 254 g/mol. The molecule has 1 amide bonds. The predicted octanol–water partition coefficient (Wildman–Crippen LogP) is -0.285. The van der Waals surface area contributed by atoms with Crippen molar-refractivity contribution in [2.45, 2.75) is 26.4 Å². The van der Waals surface area contributed by atoms with E-state index in [1.54, 1.807) is 0 Å². The summed E-state index contributed by atoms with van der Waals surface area (Å²) < 4.78 is 9.82. The number of morpholine rings is 1. The lowest BCUT2D eigenvalue weighted by atomic mass is 10.2. The zero-order valence-electron chi connectivity index (χ0n) is 10.7. The van der Waals surface area contributed by atoms with E-state index in [-0.39, 0.29) is 11.9 Å². The first-order valence-electron chi connectivity index (χ1n) is 6.06. The van der Waals surface area contributed by atoms with E-state index in [4.69, 9.17) is 4.74 Å². The Balaban J connectivity index is 1.82. The number of rotatable bonds is 4. The Bertz CT molecular complexity index is 401. The van der Waals surface area contributed by atoms with Crippen LogP contribution in [0.5, 0.6) is 0 Å². The lowest BCUT2D eigenvalue weighted by Crippen LogP contribution is -2.49. The van der Waals surface area contributed by atoms with E-state index < -0.39 is 0 Å². The molecule has 1 aliphatic heterocycles. The first-order valence-corrected chi connectivity index (χ1v) is 6.06. The van der Waals surface area contributed by atoms with Gasteiger partial charge in [-0.25, -0.2) is 4.63 Å². The minimum absolute atomic E-state index is 0.0902. The second kappa shape index (κ2) is 5.92. The van der Waals surface area contributed by atoms with Crippen molar-refractivity contribution in [3.63, 3.8) is 0 Å². The summed E-state index contributed by atoms with van der Waals surface area (Å²) >= 11 is 0. The summed E-state index contributed by atoms with van der Waals surface area (Å²) in [5.41, 5.74) is 1.48. The van der Waals surface area contributed by atoms with E-state index in [9.17, 15) is 4.79 Å². The summed E-state index contributed by atoms with van der Waals surface area (Å²) in [5.74, 6) is 0.0902.